The fourth-order valence-electron chi connectivity index (χ4n) is 2.56. The first kappa shape index (κ1) is 18.6. The van der Waals surface area contributed by atoms with Crippen molar-refractivity contribution in [3.05, 3.63) is 77.3 Å². The van der Waals surface area contributed by atoms with Crippen molar-refractivity contribution in [2.75, 3.05) is 5.32 Å². The average Bonchev–Trinajstić information content (AvgIpc) is 2.68. The Morgan fingerprint density at radius 3 is 2.41 bits per heavy atom. The van der Waals surface area contributed by atoms with Gasteiger partial charge in [-0.2, -0.15) is 5.10 Å². The van der Waals surface area contributed by atoms with Crippen LogP contribution in [-0.4, -0.2) is 18.0 Å². The number of nitrogens with zero attached hydrogens (tertiary/aromatic N) is 1. The number of hydrazone groups is 1. The third-order valence-electron chi connectivity index (χ3n) is 3.92. The van der Waals surface area contributed by atoms with Crippen LogP contribution in [0.25, 0.3) is 10.8 Å². The van der Waals surface area contributed by atoms with Gasteiger partial charge in [-0.15, -0.1) is 0 Å². The van der Waals surface area contributed by atoms with Crippen molar-refractivity contribution in [3.8, 4) is 0 Å². The zero-order valence-electron chi connectivity index (χ0n) is 14.5. The molecule has 3 aromatic carbocycles. The van der Waals surface area contributed by atoms with Gasteiger partial charge in [0.15, 0.2) is 0 Å². The Morgan fingerprint density at radius 1 is 0.889 bits per heavy atom. The Bertz CT molecular complexity index is 979. The van der Waals surface area contributed by atoms with Crippen LogP contribution in [0.1, 0.15) is 18.4 Å². The second-order valence-corrected chi connectivity index (χ2v) is 6.36. The molecule has 0 unspecified atom stereocenters. The maximum Gasteiger partial charge on any atom is 0.240 e. The molecule has 27 heavy (non-hydrogen) atoms. The van der Waals surface area contributed by atoms with Crippen LogP contribution in [0.15, 0.2) is 71.8 Å². The highest BCUT2D eigenvalue weighted by Crippen LogP contribution is 2.23. The van der Waals surface area contributed by atoms with Crippen LogP contribution in [0, 0.1) is 0 Å². The summed E-state index contributed by atoms with van der Waals surface area (Å²) in [5.41, 5.74) is 3.96. The van der Waals surface area contributed by atoms with Crippen molar-refractivity contribution in [2.45, 2.75) is 12.8 Å². The van der Waals surface area contributed by atoms with Gasteiger partial charge in [0.05, 0.1) is 6.21 Å². The summed E-state index contributed by atoms with van der Waals surface area (Å²) in [6.45, 7) is 0. The largest absolute Gasteiger partial charge is 0.326 e. The van der Waals surface area contributed by atoms with E-state index in [2.05, 4.69) is 15.8 Å². The third kappa shape index (κ3) is 5.39. The number of benzene rings is 3. The molecule has 0 bridgehead atoms. The Labute approximate surface area is 162 Å². The first-order valence-electron chi connectivity index (χ1n) is 8.47. The standard InChI is InChI=1S/C21H18ClN3O2/c22-17-10-8-15(9-11-17)14-23-25-21(27)13-12-20(26)24-19-7-3-5-16-4-1-2-6-18(16)19/h1-11,14H,12-13H2,(H,24,26)(H,25,27)/b23-14-. The highest BCUT2D eigenvalue weighted by molar-refractivity contribution is 6.30. The summed E-state index contributed by atoms with van der Waals surface area (Å²) in [5.74, 6) is -0.545. The van der Waals surface area contributed by atoms with Crippen LogP contribution in [-0.2, 0) is 9.59 Å². The second kappa shape index (κ2) is 8.96. The number of anilines is 1. The van der Waals surface area contributed by atoms with E-state index >= 15 is 0 Å². The number of hydrogen-bond acceptors (Lipinski definition) is 3. The first-order valence-corrected chi connectivity index (χ1v) is 8.85. The molecule has 5 nitrogen and oxygen atoms in total. The maximum absolute atomic E-state index is 12.1. The first-order chi connectivity index (χ1) is 13.1. The molecule has 6 heteroatoms. The van der Waals surface area contributed by atoms with E-state index in [-0.39, 0.29) is 24.7 Å². The van der Waals surface area contributed by atoms with Gasteiger partial charge in [-0.1, -0.05) is 60.1 Å². The molecule has 0 aliphatic heterocycles. The third-order valence-corrected chi connectivity index (χ3v) is 4.17. The summed E-state index contributed by atoms with van der Waals surface area (Å²) in [6.07, 6.45) is 1.64. The number of amides is 2. The lowest BCUT2D eigenvalue weighted by Crippen LogP contribution is -2.20. The normalized spacial score (nSPS) is 10.9. The minimum atomic E-state index is -0.326. The summed E-state index contributed by atoms with van der Waals surface area (Å²) >= 11 is 5.81. The summed E-state index contributed by atoms with van der Waals surface area (Å²) in [7, 11) is 0. The van der Waals surface area contributed by atoms with Gasteiger partial charge < -0.3 is 5.32 Å². The summed E-state index contributed by atoms with van der Waals surface area (Å²) in [4.78, 5) is 24.0. The number of rotatable bonds is 6. The molecular weight excluding hydrogens is 362 g/mol. The molecular formula is C21H18ClN3O2. The van der Waals surface area contributed by atoms with Crippen LogP contribution in [0.2, 0.25) is 5.02 Å². The molecule has 0 fully saturated rings. The summed E-state index contributed by atoms with van der Waals surface area (Å²) in [6, 6.07) is 20.6. The fourth-order valence-corrected chi connectivity index (χ4v) is 2.68. The maximum atomic E-state index is 12.1. The summed E-state index contributed by atoms with van der Waals surface area (Å²) in [5, 5.41) is 9.37. The molecule has 0 saturated carbocycles. The van der Waals surface area contributed by atoms with Gasteiger partial charge >= 0.3 is 0 Å². The monoisotopic (exact) mass is 379 g/mol. The number of hydrogen-bond donors (Lipinski definition) is 2. The van der Waals surface area contributed by atoms with E-state index in [1.54, 1.807) is 24.3 Å². The quantitative estimate of drug-likeness (QED) is 0.493. The Kier molecular flexibility index (Phi) is 6.18. The number of halogens is 1. The van der Waals surface area contributed by atoms with Crippen LogP contribution in [0.3, 0.4) is 0 Å². The molecule has 0 aromatic heterocycles. The molecule has 2 N–H and O–H groups in total. The predicted octanol–water partition coefficient (Wildman–Crippen LogP) is 4.36. The van der Waals surface area contributed by atoms with Gasteiger partial charge in [-0.25, -0.2) is 5.43 Å². The van der Waals surface area contributed by atoms with E-state index in [1.165, 1.54) is 6.21 Å². The molecule has 0 heterocycles. The Hall–Kier alpha value is -3.18. The van der Waals surface area contributed by atoms with Gasteiger partial charge in [0.1, 0.15) is 0 Å². The number of fused-ring (bicyclic) bond motifs is 1. The minimum Gasteiger partial charge on any atom is -0.326 e. The van der Waals surface area contributed by atoms with Crippen molar-refractivity contribution in [1.82, 2.24) is 5.43 Å². The zero-order valence-corrected chi connectivity index (χ0v) is 15.2. The van der Waals surface area contributed by atoms with Crippen molar-refractivity contribution in [2.24, 2.45) is 5.10 Å². The zero-order chi connectivity index (χ0) is 19.1. The Morgan fingerprint density at radius 2 is 1.59 bits per heavy atom. The average molecular weight is 380 g/mol. The topological polar surface area (TPSA) is 70.6 Å². The second-order valence-electron chi connectivity index (χ2n) is 5.92. The molecule has 136 valence electrons. The van der Waals surface area contributed by atoms with Gasteiger partial charge in [-0.05, 0) is 29.1 Å². The van der Waals surface area contributed by atoms with Crippen molar-refractivity contribution >= 4 is 46.1 Å². The molecule has 0 atom stereocenters. The molecule has 3 rings (SSSR count). The van der Waals surface area contributed by atoms with Crippen molar-refractivity contribution in [3.63, 3.8) is 0 Å². The molecule has 0 spiro atoms. The van der Waals surface area contributed by atoms with Crippen LogP contribution >= 0.6 is 11.6 Å². The van der Waals surface area contributed by atoms with E-state index in [9.17, 15) is 9.59 Å². The van der Waals surface area contributed by atoms with Crippen LogP contribution in [0.5, 0.6) is 0 Å². The number of nitrogens with one attached hydrogen (secondary N) is 2. The SMILES string of the molecule is O=C(CCC(=O)Nc1cccc2ccccc12)N/N=C\c1ccc(Cl)cc1. The summed E-state index contributed by atoms with van der Waals surface area (Å²) < 4.78 is 0. The smallest absolute Gasteiger partial charge is 0.240 e. The van der Waals surface area contributed by atoms with Crippen LogP contribution < -0.4 is 10.7 Å². The van der Waals surface area contributed by atoms with Crippen LogP contribution in [0.4, 0.5) is 5.69 Å². The van der Waals surface area contributed by atoms with E-state index in [4.69, 9.17) is 11.6 Å². The molecule has 2 amide bonds. The number of carbonyl (C=O) groups is 2. The molecule has 0 saturated heterocycles. The molecule has 0 aliphatic carbocycles. The fraction of sp³-hybridized carbons (Fsp3) is 0.0952. The lowest BCUT2D eigenvalue weighted by molar-refractivity contribution is -0.124. The lowest BCUT2D eigenvalue weighted by atomic mass is 10.1. The molecule has 0 radical (unpaired) electrons. The van der Waals surface area contributed by atoms with Gasteiger partial charge in [0, 0.05) is 28.9 Å². The van der Waals surface area contributed by atoms with Gasteiger partial charge in [-0.3, -0.25) is 9.59 Å². The van der Waals surface area contributed by atoms with Crippen molar-refractivity contribution in [1.29, 1.82) is 0 Å². The molecule has 3 aromatic rings. The molecule has 0 aliphatic rings. The van der Waals surface area contributed by atoms with E-state index in [1.807, 2.05) is 42.5 Å². The highest BCUT2D eigenvalue weighted by atomic mass is 35.5. The van der Waals surface area contributed by atoms with E-state index < -0.39 is 0 Å². The predicted molar refractivity (Wildman–Crippen MR) is 109 cm³/mol. The van der Waals surface area contributed by atoms with Gasteiger partial charge in [0.25, 0.3) is 0 Å². The number of carbonyl (C=O) groups excluding carboxylic acids is 2. The highest BCUT2D eigenvalue weighted by Gasteiger charge is 2.08. The van der Waals surface area contributed by atoms with E-state index in [0.29, 0.717) is 5.02 Å². The van der Waals surface area contributed by atoms with E-state index in [0.717, 1.165) is 22.0 Å². The lowest BCUT2D eigenvalue weighted by Gasteiger charge is -2.08. The van der Waals surface area contributed by atoms with Crippen molar-refractivity contribution < 1.29 is 9.59 Å². The van der Waals surface area contributed by atoms with Gasteiger partial charge in [0.2, 0.25) is 11.8 Å². The minimum absolute atomic E-state index is 0.0502. The Balaban J connectivity index is 1.48.